The molecule has 0 aliphatic carbocycles. The van der Waals surface area contributed by atoms with E-state index in [-0.39, 0.29) is 23.5 Å². The predicted octanol–water partition coefficient (Wildman–Crippen LogP) is 2.33. The van der Waals surface area contributed by atoms with Crippen molar-refractivity contribution in [3.63, 3.8) is 0 Å². The SMILES string of the molecule is COc1cc(C(=O)N(CCN(C)C)c2nc3c(OC)ccc(OC)c3s2)nc(OC)n1. The number of fused-ring (bicyclic) bond motifs is 1. The van der Waals surface area contributed by atoms with Gasteiger partial charge in [-0.2, -0.15) is 9.97 Å². The van der Waals surface area contributed by atoms with Gasteiger partial charge >= 0.3 is 6.01 Å². The van der Waals surface area contributed by atoms with E-state index in [1.54, 1.807) is 25.2 Å². The number of likely N-dealkylation sites (N-methyl/N-ethyl adjacent to an activating group) is 1. The van der Waals surface area contributed by atoms with E-state index in [1.165, 1.54) is 31.6 Å². The van der Waals surface area contributed by atoms with Crippen LogP contribution < -0.4 is 23.8 Å². The first-order valence-electron chi connectivity index (χ1n) is 9.37. The molecule has 0 radical (unpaired) electrons. The number of hydrogen-bond acceptors (Lipinski definition) is 10. The normalized spacial score (nSPS) is 10.9. The lowest BCUT2D eigenvalue weighted by Gasteiger charge is -2.21. The molecule has 0 unspecified atom stereocenters. The number of carbonyl (C=O) groups is 1. The highest BCUT2D eigenvalue weighted by molar-refractivity contribution is 7.22. The van der Waals surface area contributed by atoms with Gasteiger partial charge in [-0.25, -0.2) is 4.98 Å². The lowest BCUT2D eigenvalue weighted by molar-refractivity contribution is 0.0978. The minimum Gasteiger partial charge on any atom is -0.495 e. The number of methoxy groups -OCH3 is 4. The van der Waals surface area contributed by atoms with Crippen LogP contribution in [0, 0.1) is 0 Å². The first-order valence-corrected chi connectivity index (χ1v) is 10.2. The van der Waals surface area contributed by atoms with Crippen molar-refractivity contribution in [2.45, 2.75) is 0 Å². The fraction of sp³-hybridized carbons (Fsp3) is 0.400. The Morgan fingerprint density at radius 1 is 0.935 bits per heavy atom. The van der Waals surface area contributed by atoms with E-state index in [1.807, 2.05) is 25.1 Å². The van der Waals surface area contributed by atoms with Crippen LogP contribution in [0.15, 0.2) is 18.2 Å². The molecule has 3 aromatic rings. The summed E-state index contributed by atoms with van der Waals surface area (Å²) < 4.78 is 22.0. The first-order chi connectivity index (χ1) is 14.9. The van der Waals surface area contributed by atoms with Crippen LogP contribution in [0.2, 0.25) is 0 Å². The van der Waals surface area contributed by atoms with E-state index < -0.39 is 0 Å². The Morgan fingerprint density at radius 2 is 1.65 bits per heavy atom. The van der Waals surface area contributed by atoms with Crippen LogP contribution in [-0.2, 0) is 0 Å². The van der Waals surface area contributed by atoms with Gasteiger partial charge in [0.05, 0.1) is 28.4 Å². The lowest BCUT2D eigenvalue weighted by atomic mass is 10.3. The Kier molecular flexibility index (Phi) is 7.08. The maximum absolute atomic E-state index is 13.5. The van der Waals surface area contributed by atoms with Gasteiger partial charge in [0, 0.05) is 19.2 Å². The summed E-state index contributed by atoms with van der Waals surface area (Å²) >= 11 is 1.35. The van der Waals surface area contributed by atoms with Gasteiger partial charge in [-0.1, -0.05) is 11.3 Å². The van der Waals surface area contributed by atoms with Crippen molar-refractivity contribution in [3.05, 3.63) is 23.9 Å². The smallest absolute Gasteiger partial charge is 0.320 e. The van der Waals surface area contributed by atoms with E-state index in [0.29, 0.717) is 35.2 Å². The van der Waals surface area contributed by atoms with Crippen LogP contribution in [0.5, 0.6) is 23.4 Å². The third-order valence-corrected chi connectivity index (χ3v) is 5.53. The first kappa shape index (κ1) is 22.5. The van der Waals surface area contributed by atoms with Gasteiger partial charge in [0.2, 0.25) is 5.88 Å². The highest BCUT2D eigenvalue weighted by Gasteiger charge is 2.26. The van der Waals surface area contributed by atoms with E-state index in [0.717, 1.165) is 4.70 Å². The number of amides is 1. The topological polar surface area (TPSA) is 99.1 Å². The predicted molar refractivity (Wildman–Crippen MR) is 118 cm³/mol. The van der Waals surface area contributed by atoms with Crippen molar-refractivity contribution in [1.29, 1.82) is 0 Å². The second kappa shape index (κ2) is 9.75. The van der Waals surface area contributed by atoms with Crippen molar-refractivity contribution >= 4 is 32.6 Å². The van der Waals surface area contributed by atoms with E-state index >= 15 is 0 Å². The van der Waals surface area contributed by atoms with Crippen molar-refractivity contribution in [1.82, 2.24) is 19.9 Å². The number of rotatable bonds is 9. The Balaban J connectivity index is 2.10. The number of thiazole rings is 1. The molecule has 3 rings (SSSR count). The van der Waals surface area contributed by atoms with Gasteiger partial charge in [0.1, 0.15) is 27.4 Å². The summed E-state index contributed by atoms with van der Waals surface area (Å²) in [5.41, 5.74) is 0.767. The number of ether oxygens (including phenoxy) is 4. The molecular weight excluding hydrogens is 422 g/mol. The molecule has 31 heavy (non-hydrogen) atoms. The molecule has 0 spiro atoms. The highest BCUT2D eigenvalue weighted by atomic mass is 32.1. The van der Waals surface area contributed by atoms with Crippen molar-refractivity contribution in [2.75, 3.05) is 60.5 Å². The van der Waals surface area contributed by atoms with Crippen molar-refractivity contribution < 1.29 is 23.7 Å². The fourth-order valence-electron chi connectivity index (χ4n) is 2.82. The maximum atomic E-state index is 13.5. The third-order valence-electron chi connectivity index (χ3n) is 4.44. The molecule has 0 saturated heterocycles. The van der Waals surface area contributed by atoms with Gasteiger partial charge in [0.25, 0.3) is 5.91 Å². The van der Waals surface area contributed by atoms with Crippen LogP contribution in [0.1, 0.15) is 10.5 Å². The number of nitrogens with zero attached hydrogens (tertiary/aromatic N) is 5. The molecule has 1 amide bonds. The number of hydrogen-bond donors (Lipinski definition) is 0. The second-order valence-electron chi connectivity index (χ2n) is 6.69. The quantitative estimate of drug-likeness (QED) is 0.489. The summed E-state index contributed by atoms with van der Waals surface area (Å²) in [5.74, 6) is 1.14. The van der Waals surface area contributed by atoms with Gasteiger partial charge in [-0.05, 0) is 26.2 Å². The number of benzene rings is 1. The molecule has 2 heterocycles. The molecule has 0 aliphatic heterocycles. The van der Waals surface area contributed by atoms with Gasteiger partial charge in [0.15, 0.2) is 5.13 Å². The molecule has 166 valence electrons. The van der Waals surface area contributed by atoms with Gasteiger partial charge in [-0.15, -0.1) is 0 Å². The Bertz CT molecular complexity index is 1010. The summed E-state index contributed by atoms with van der Waals surface area (Å²) in [6, 6.07) is 5.12. The number of aromatic nitrogens is 3. The zero-order chi connectivity index (χ0) is 22.5. The Labute approximate surface area is 184 Å². The van der Waals surface area contributed by atoms with Crippen LogP contribution in [0.3, 0.4) is 0 Å². The van der Waals surface area contributed by atoms with Gasteiger partial charge in [-0.3, -0.25) is 9.69 Å². The van der Waals surface area contributed by atoms with E-state index in [2.05, 4.69) is 9.97 Å². The molecule has 11 heteroatoms. The molecule has 2 aromatic heterocycles. The van der Waals surface area contributed by atoms with E-state index in [4.69, 9.17) is 23.9 Å². The lowest BCUT2D eigenvalue weighted by Crippen LogP contribution is -2.37. The molecule has 0 aliphatic rings. The summed E-state index contributed by atoms with van der Waals surface area (Å²) in [4.78, 5) is 30.0. The van der Waals surface area contributed by atoms with Crippen LogP contribution in [-0.4, -0.2) is 81.4 Å². The third kappa shape index (κ3) is 4.78. The largest absolute Gasteiger partial charge is 0.495 e. The Morgan fingerprint density at radius 3 is 2.26 bits per heavy atom. The summed E-state index contributed by atoms with van der Waals surface area (Å²) in [6.45, 7) is 1.01. The Hall–Kier alpha value is -3.18. The maximum Gasteiger partial charge on any atom is 0.320 e. The fourth-order valence-corrected chi connectivity index (χ4v) is 3.92. The minimum absolute atomic E-state index is 0.0443. The number of carbonyl (C=O) groups excluding carboxylic acids is 1. The second-order valence-corrected chi connectivity index (χ2v) is 7.66. The molecule has 0 saturated carbocycles. The monoisotopic (exact) mass is 447 g/mol. The molecular formula is C20H25N5O5S. The zero-order valence-electron chi connectivity index (χ0n) is 18.3. The average molecular weight is 448 g/mol. The number of anilines is 1. The zero-order valence-corrected chi connectivity index (χ0v) is 19.1. The molecule has 0 fully saturated rings. The molecule has 0 atom stereocenters. The summed E-state index contributed by atoms with van der Waals surface area (Å²) in [7, 11) is 9.93. The van der Waals surface area contributed by atoms with Crippen LogP contribution in [0.4, 0.5) is 5.13 Å². The van der Waals surface area contributed by atoms with Crippen LogP contribution >= 0.6 is 11.3 Å². The average Bonchev–Trinajstić information content (AvgIpc) is 3.22. The van der Waals surface area contributed by atoms with Crippen molar-refractivity contribution in [3.8, 4) is 23.4 Å². The van der Waals surface area contributed by atoms with Gasteiger partial charge < -0.3 is 23.8 Å². The summed E-state index contributed by atoms with van der Waals surface area (Å²) in [5, 5.41) is 0.501. The summed E-state index contributed by atoms with van der Waals surface area (Å²) in [6.07, 6.45) is 0. The molecule has 0 N–H and O–H groups in total. The molecule has 10 nitrogen and oxygen atoms in total. The molecule has 0 bridgehead atoms. The van der Waals surface area contributed by atoms with Crippen LogP contribution in [0.25, 0.3) is 10.2 Å². The standard InChI is InChI=1S/C20H25N5O5S/c1-24(2)9-10-25(18(26)12-11-15(29-5)22-19(21-12)30-6)20-23-16-13(27-3)7-8-14(28-4)17(16)31-20/h7-8,11H,9-10H2,1-6H3. The molecule has 1 aromatic carbocycles. The minimum atomic E-state index is -0.349. The highest BCUT2D eigenvalue weighted by Crippen LogP contribution is 2.40. The van der Waals surface area contributed by atoms with E-state index in [9.17, 15) is 4.79 Å². The van der Waals surface area contributed by atoms with Crippen molar-refractivity contribution in [2.24, 2.45) is 0 Å².